The van der Waals surface area contributed by atoms with Gasteiger partial charge in [0.2, 0.25) is 0 Å². The highest BCUT2D eigenvalue weighted by Crippen LogP contribution is 2.43. The van der Waals surface area contributed by atoms with Crippen molar-refractivity contribution in [1.29, 1.82) is 0 Å². The first-order valence-corrected chi connectivity index (χ1v) is 10.7. The summed E-state index contributed by atoms with van der Waals surface area (Å²) in [4.78, 5) is 23.3. The zero-order valence-electron chi connectivity index (χ0n) is 16.5. The Balaban J connectivity index is 2.18. The predicted octanol–water partition coefficient (Wildman–Crippen LogP) is 6.20. The van der Waals surface area contributed by atoms with Crippen LogP contribution in [0.25, 0.3) is 0 Å². The first-order valence-electron chi connectivity index (χ1n) is 10.7. The summed E-state index contributed by atoms with van der Waals surface area (Å²) in [7, 11) is 0. The Morgan fingerprint density at radius 2 is 1.35 bits per heavy atom. The topological polar surface area (TPSA) is 74.6 Å². The van der Waals surface area contributed by atoms with Gasteiger partial charge in [-0.15, -0.1) is 0 Å². The van der Waals surface area contributed by atoms with Crippen LogP contribution in [0.1, 0.15) is 103 Å². The van der Waals surface area contributed by atoms with Gasteiger partial charge in [-0.05, 0) is 19.3 Å². The maximum absolute atomic E-state index is 11.8. The third-order valence-corrected chi connectivity index (χ3v) is 5.89. The molecular formula is C22H38O4. The van der Waals surface area contributed by atoms with Gasteiger partial charge in [-0.1, -0.05) is 96.1 Å². The number of aliphatic carboxylic acids is 2. The van der Waals surface area contributed by atoms with E-state index in [1.807, 2.05) is 12.2 Å². The fourth-order valence-electron chi connectivity index (χ4n) is 4.13. The number of hydrogen-bond acceptors (Lipinski definition) is 2. The molecule has 0 aromatic carbocycles. The molecule has 0 saturated carbocycles. The van der Waals surface area contributed by atoms with Crippen molar-refractivity contribution in [3.8, 4) is 0 Å². The Kier molecular flexibility index (Phi) is 11.3. The van der Waals surface area contributed by atoms with E-state index >= 15 is 0 Å². The fourth-order valence-corrected chi connectivity index (χ4v) is 4.13. The van der Waals surface area contributed by atoms with Gasteiger partial charge in [-0.2, -0.15) is 0 Å². The molecule has 0 saturated heterocycles. The first kappa shape index (κ1) is 22.7. The average Bonchev–Trinajstić information content (AvgIpc) is 2.62. The molecule has 0 aromatic heterocycles. The number of carbonyl (C=O) groups is 2. The van der Waals surface area contributed by atoms with E-state index < -0.39 is 23.3 Å². The van der Waals surface area contributed by atoms with Crippen LogP contribution in [-0.2, 0) is 9.59 Å². The highest BCUT2D eigenvalue weighted by Gasteiger charge is 2.48. The summed E-state index contributed by atoms with van der Waals surface area (Å²) in [6.07, 6.45) is 19.6. The van der Waals surface area contributed by atoms with E-state index in [9.17, 15) is 19.8 Å². The molecule has 4 heteroatoms. The van der Waals surface area contributed by atoms with Crippen LogP contribution in [0.4, 0.5) is 0 Å². The fraction of sp³-hybridized carbons (Fsp3) is 0.818. The lowest BCUT2D eigenvalue weighted by Gasteiger charge is -2.36. The minimum absolute atomic E-state index is 0.333. The summed E-state index contributed by atoms with van der Waals surface area (Å²) in [6, 6.07) is 0. The van der Waals surface area contributed by atoms with Gasteiger partial charge in [0.1, 0.15) is 0 Å². The van der Waals surface area contributed by atoms with Gasteiger partial charge in [-0.25, -0.2) is 0 Å². The van der Waals surface area contributed by atoms with Gasteiger partial charge in [0, 0.05) is 0 Å². The lowest BCUT2D eigenvalue weighted by atomic mass is 9.66. The van der Waals surface area contributed by atoms with Crippen molar-refractivity contribution >= 4 is 11.9 Å². The number of unbranched alkanes of at least 4 members (excludes halogenated alkanes) is 11. The van der Waals surface area contributed by atoms with E-state index in [4.69, 9.17) is 0 Å². The van der Waals surface area contributed by atoms with Crippen molar-refractivity contribution in [2.75, 3.05) is 0 Å². The molecular weight excluding hydrogens is 328 g/mol. The molecule has 1 aliphatic rings. The standard InChI is InChI=1S/C22H38O4/c1-2-3-4-5-6-7-8-9-10-11-12-14-17-22(21(25)26)18-15-13-16-19(22)20(23)24/h13,15,19H,2-12,14,16-18H2,1H3,(H,23,24)(H,25,26). The lowest BCUT2D eigenvalue weighted by molar-refractivity contribution is -0.163. The van der Waals surface area contributed by atoms with Gasteiger partial charge >= 0.3 is 11.9 Å². The summed E-state index contributed by atoms with van der Waals surface area (Å²) in [5.41, 5.74) is -1.11. The Bertz CT molecular complexity index is 443. The maximum atomic E-state index is 11.8. The molecule has 0 heterocycles. The molecule has 0 aromatic rings. The van der Waals surface area contributed by atoms with E-state index in [0.29, 0.717) is 19.3 Å². The van der Waals surface area contributed by atoms with E-state index in [1.165, 1.54) is 57.8 Å². The molecule has 2 atom stereocenters. The molecule has 0 radical (unpaired) electrons. The van der Waals surface area contributed by atoms with Crippen LogP contribution >= 0.6 is 0 Å². The molecule has 1 rings (SSSR count). The first-order chi connectivity index (χ1) is 12.5. The molecule has 0 fully saturated rings. The largest absolute Gasteiger partial charge is 0.481 e. The smallest absolute Gasteiger partial charge is 0.310 e. The van der Waals surface area contributed by atoms with Crippen LogP contribution in [0.15, 0.2) is 12.2 Å². The Hall–Kier alpha value is -1.32. The van der Waals surface area contributed by atoms with Crippen LogP contribution in [0.5, 0.6) is 0 Å². The van der Waals surface area contributed by atoms with E-state index in [1.54, 1.807) is 0 Å². The number of allylic oxidation sites excluding steroid dienone is 2. The Labute approximate surface area is 159 Å². The minimum atomic E-state index is -1.11. The van der Waals surface area contributed by atoms with E-state index in [0.717, 1.165) is 19.3 Å². The van der Waals surface area contributed by atoms with Gasteiger partial charge < -0.3 is 10.2 Å². The Morgan fingerprint density at radius 1 is 0.846 bits per heavy atom. The monoisotopic (exact) mass is 366 g/mol. The second-order valence-corrected chi connectivity index (χ2v) is 7.90. The van der Waals surface area contributed by atoms with Crippen LogP contribution in [0.3, 0.4) is 0 Å². The van der Waals surface area contributed by atoms with Crippen molar-refractivity contribution in [2.45, 2.75) is 103 Å². The van der Waals surface area contributed by atoms with Crippen molar-refractivity contribution in [1.82, 2.24) is 0 Å². The molecule has 0 bridgehead atoms. The van der Waals surface area contributed by atoms with Crippen molar-refractivity contribution in [3.05, 3.63) is 12.2 Å². The molecule has 1 aliphatic carbocycles. The second kappa shape index (κ2) is 12.9. The normalized spacial score (nSPS) is 22.4. The summed E-state index contributed by atoms with van der Waals surface area (Å²) >= 11 is 0. The van der Waals surface area contributed by atoms with Crippen LogP contribution in [-0.4, -0.2) is 22.2 Å². The van der Waals surface area contributed by atoms with Crippen LogP contribution in [0, 0.1) is 11.3 Å². The summed E-state index contributed by atoms with van der Waals surface area (Å²) in [5.74, 6) is -2.72. The predicted molar refractivity (Wildman–Crippen MR) is 105 cm³/mol. The van der Waals surface area contributed by atoms with Crippen LogP contribution < -0.4 is 0 Å². The lowest BCUT2D eigenvalue weighted by Crippen LogP contribution is -2.43. The van der Waals surface area contributed by atoms with Crippen molar-refractivity contribution in [2.24, 2.45) is 11.3 Å². The number of hydrogen-bond donors (Lipinski definition) is 2. The zero-order chi connectivity index (χ0) is 19.3. The number of rotatable bonds is 15. The third-order valence-electron chi connectivity index (χ3n) is 5.89. The molecule has 0 amide bonds. The highest BCUT2D eigenvalue weighted by molar-refractivity contribution is 5.84. The van der Waals surface area contributed by atoms with Gasteiger partial charge in [0.15, 0.2) is 0 Å². The molecule has 0 aliphatic heterocycles. The SMILES string of the molecule is CCCCCCCCCCCCCCC1(C(=O)O)CC=CCC1C(=O)O. The summed E-state index contributed by atoms with van der Waals surface area (Å²) in [5, 5.41) is 19.1. The average molecular weight is 367 g/mol. The van der Waals surface area contributed by atoms with Crippen LogP contribution in [0.2, 0.25) is 0 Å². The molecule has 26 heavy (non-hydrogen) atoms. The highest BCUT2D eigenvalue weighted by atomic mass is 16.4. The molecule has 0 spiro atoms. The number of carboxylic acid groups (broad SMARTS) is 2. The Morgan fingerprint density at radius 3 is 1.81 bits per heavy atom. The molecule has 2 N–H and O–H groups in total. The van der Waals surface area contributed by atoms with E-state index in [2.05, 4.69) is 6.92 Å². The third kappa shape index (κ3) is 7.51. The number of carboxylic acids is 2. The van der Waals surface area contributed by atoms with Crippen molar-refractivity contribution in [3.63, 3.8) is 0 Å². The maximum Gasteiger partial charge on any atom is 0.310 e. The van der Waals surface area contributed by atoms with E-state index in [-0.39, 0.29) is 0 Å². The summed E-state index contributed by atoms with van der Waals surface area (Å²) < 4.78 is 0. The quantitative estimate of drug-likeness (QED) is 0.267. The molecule has 150 valence electrons. The van der Waals surface area contributed by atoms with Gasteiger partial charge in [0.05, 0.1) is 11.3 Å². The molecule has 2 unspecified atom stereocenters. The van der Waals surface area contributed by atoms with Crippen molar-refractivity contribution < 1.29 is 19.8 Å². The van der Waals surface area contributed by atoms with Gasteiger partial charge in [0.25, 0.3) is 0 Å². The van der Waals surface area contributed by atoms with Gasteiger partial charge in [-0.3, -0.25) is 9.59 Å². The summed E-state index contributed by atoms with van der Waals surface area (Å²) in [6.45, 7) is 2.24. The second-order valence-electron chi connectivity index (χ2n) is 7.90. The zero-order valence-corrected chi connectivity index (χ0v) is 16.5. The minimum Gasteiger partial charge on any atom is -0.481 e. The molecule has 4 nitrogen and oxygen atoms in total.